The highest BCUT2D eigenvalue weighted by Crippen LogP contribution is 2.25. The van der Waals surface area contributed by atoms with Gasteiger partial charge < -0.3 is 15.4 Å². The van der Waals surface area contributed by atoms with Crippen molar-refractivity contribution in [3.8, 4) is 11.4 Å². The predicted octanol–water partition coefficient (Wildman–Crippen LogP) is 2.54. The molecule has 0 spiro atoms. The maximum Gasteiger partial charge on any atom is 0.166 e. The summed E-state index contributed by atoms with van der Waals surface area (Å²) in [4.78, 5) is 13.1. The Morgan fingerprint density at radius 1 is 1.25 bits per heavy atom. The van der Waals surface area contributed by atoms with Crippen molar-refractivity contribution in [2.45, 2.75) is 19.4 Å². The predicted molar refractivity (Wildman–Crippen MR) is 91.4 cm³/mol. The van der Waals surface area contributed by atoms with Gasteiger partial charge in [0.2, 0.25) is 0 Å². The number of aryl methyl sites for hydroxylation is 1. The van der Waals surface area contributed by atoms with E-state index in [0.717, 1.165) is 0 Å². The first kappa shape index (κ1) is 16.1. The number of hydrogen-bond acceptors (Lipinski definition) is 5. The van der Waals surface area contributed by atoms with Crippen LogP contribution in [0.4, 0.5) is 10.2 Å². The minimum Gasteiger partial charge on any atom is -0.386 e. The number of nitrogen functional groups attached to an aromatic ring is 1. The largest absolute Gasteiger partial charge is 0.386 e. The summed E-state index contributed by atoms with van der Waals surface area (Å²) in [6.45, 7) is 3.30. The van der Waals surface area contributed by atoms with Crippen molar-refractivity contribution in [2.24, 2.45) is 7.05 Å². The maximum absolute atomic E-state index is 13.5. The van der Waals surface area contributed by atoms with Crippen molar-refractivity contribution in [2.75, 3.05) is 5.73 Å². The van der Waals surface area contributed by atoms with Crippen LogP contribution in [-0.4, -0.2) is 30.2 Å². The van der Waals surface area contributed by atoms with E-state index in [2.05, 4.69) is 15.0 Å². The molecule has 0 bridgehead atoms. The molecule has 2 aromatic heterocycles. The van der Waals surface area contributed by atoms with Crippen molar-refractivity contribution in [3.63, 3.8) is 0 Å². The summed E-state index contributed by atoms with van der Waals surface area (Å²) in [7, 11) is 1.78. The van der Waals surface area contributed by atoms with Gasteiger partial charge in [0, 0.05) is 12.6 Å². The zero-order chi connectivity index (χ0) is 17.5. The Morgan fingerprint density at radius 2 is 2.00 bits per heavy atom. The number of imidazole rings is 1. The first-order valence-electron chi connectivity index (χ1n) is 7.42. The van der Waals surface area contributed by atoms with Gasteiger partial charge in [-0.25, -0.2) is 19.3 Å². The molecule has 0 aliphatic carbocycles. The fourth-order valence-corrected chi connectivity index (χ4v) is 2.34. The van der Waals surface area contributed by atoms with Gasteiger partial charge >= 0.3 is 0 Å². The van der Waals surface area contributed by atoms with Crippen molar-refractivity contribution in [1.29, 1.82) is 0 Å². The number of benzene rings is 1. The fourth-order valence-electron chi connectivity index (χ4n) is 2.34. The SMILES string of the molecule is Cn1c(-c2cccc(F)c2)nc2c(N)nc(/C=C\C(C)(C)O)nc21. The van der Waals surface area contributed by atoms with E-state index in [1.54, 1.807) is 49.7 Å². The zero-order valence-corrected chi connectivity index (χ0v) is 13.7. The molecule has 24 heavy (non-hydrogen) atoms. The van der Waals surface area contributed by atoms with Crippen LogP contribution in [-0.2, 0) is 7.05 Å². The van der Waals surface area contributed by atoms with Gasteiger partial charge in [-0.3, -0.25) is 0 Å². The summed E-state index contributed by atoms with van der Waals surface area (Å²) in [6.07, 6.45) is 3.18. The molecule has 7 heteroatoms. The molecule has 3 aromatic rings. The molecule has 0 radical (unpaired) electrons. The molecule has 0 fully saturated rings. The Bertz CT molecular complexity index is 940. The lowest BCUT2D eigenvalue weighted by Crippen LogP contribution is -2.13. The highest BCUT2D eigenvalue weighted by atomic mass is 19.1. The number of halogens is 1. The van der Waals surface area contributed by atoms with Crippen LogP contribution in [0.1, 0.15) is 19.7 Å². The second-order valence-corrected chi connectivity index (χ2v) is 6.13. The molecule has 0 aliphatic rings. The number of rotatable bonds is 3. The van der Waals surface area contributed by atoms with Crippen LogP contribution in [0.25, 0.3) is 28.6 Å². The summed E-state index contributed by atoms with van der Waals surface area (Å²) < 4.78 is 15.2. The van der Waals surface area contributed by atoms with E-state index in [0.29, 0.717) is 28.4 Å². The minimum atomic E-state index is -0.980. The third kappa shape index (κ3) is 3.11. The summed E-state index contributed by atoms with van der Waals surface area (Å²) in [6, 6.07) is 6.17. The molecule has 1 aromatic carbocycles. The number of fused-ring (bicyclic) bond motifs is 1. The summed E-state index contributed by atoms with van der Waals surface area (Å²) >= 11 is 0. The van der Waals surface area contributed by atoms with Crippen LogP contribution < -0.4 is 5.73 Å². The van der Waals surface area contributed by atoms with Crippen LogP contribution in [0.2, 0.25) is 0 Å². The Morgan fingerprint density at radius 3 is 2.67 bits per heavy atom. The number of hydrogen-bond donors (Lipinski definition) is 2. The first-order chi connectivity index (χ1) is 11.2. The molecule has 0 aliphatic heterocycles. The van der Waals surface area contributed by atoms with Gasteiger partial charge in [0.05, 0.1) is 5.60 Å². The van der Waals surface area contributed by atoms with Gasteiger partial charge in [-0.15, -0.1) is 0 Å². The second kappa shape index (κ2) is 5.68. The molecule has 6 nitrogen and oxygen atoms in total. The summed E-state index contributed by atoms with van der Waals surface area (Å²) in [5.74, 6) is 0.811. The van der Waals surface area contributed by atoms with Crippen molar-refractivity contribution in [3.05, 3.63) is 42.0 Å². The molecule has 0 saturated carbocycles. The monoisotopic (exact) mass is 327 g/mol. The number of aliphatic hydroxyl groups is 1. The van der Waals surface area contributed by atoms with Crippen molar-refractivity contribution >= 4 is 23.1 Å². The standard InChI is InChI=1S/C17H18FN5O/c1-17(2,24)8-7-12-20-14(19)13-16(21-12)23(3)15(22-13)10-5-4-6-11(18)9-10/h4-9,24H,1-3H3,(H2,19,20,21)/b8-7-. The van der Waals surface area contributed by atoms with Crippen LogP contribution in [0.5, 0.6) is 0 Å². The van der Waals surface area contributed by atoms with Gasteiger partial charge in [0.25, 0.3) is 0 Å². The lowest BCUT2D eigenvalue weighted by molar-refractivity contribution is 0.134. The van der Waals surface area contributed by atoms with Crippen LogP contribution in [0, 0.1) is 5.82 Å². The summed E-state index contributed by atoms with van der Waals surface area (Å²) in [5.41, 5.74) is 6.63. The highest BCUT2D eigenvalue weighted by Gasteiger charge is 2.16. The third-order valence-electron chi connectivity index (χ3n) is 3.49. The van der Waals surface area contributed by atoms with Gasteiger partial charge in [-0.2, -0.15) is 0 Å². The van der Waals surface area contributed by atoms with Crippen molar-refractivity contribution < 1.29 is 9.50 Å². The number of anilines is 1. The zero-order valence-electron chi connectivity index (χ0n) is 13.7. The molecule has 0 amide bonds. The van der Waals surface area contributed by atoms with Crippen molar-refractivity contribution in [1.82, 2.24) is 19.5 Å². The normalized spacial score (nSPS) is 12.4. The van der Waals surface area contributed by atoms with Crippen LogP contribution in [0.3, 0.4) is 0 Å². The van der Waals surface area contributed by atoms with E-state index in [-0.39, 0.29) is 11.6 Å². The maximum atomic E-state index is 13.5. The summed E-state index contributed by atoms with van der Waals surface area (Å²) in [5, 5.41) is 9.77. The van der Waals surface area contributed by atoms with E-state index in [1.165, 1.54) is 12.1 Å². The van der Waals surface area contributed by atoms with Crippen LogP contribution >= 0.6 is 0 Å². The molecule has 3 N–H and O–H groups in total. The second-order valence-electron chi connectivity index (χ2n) is 6.13. The fraction of sp³-hybridized carbons (Fsp3) is 0.235. The Labute approximate surface area is 138 Å². The smallest absolute Gasteiger partial charge is 0.166 e. The quantitative estimate of drug-likeness (QED) is 0.771. The number of nitrogens with zero attached hydrogens (tertiary/aromatic N) is 4. The number of aromatic nitrogens is 4. The molecule has 0 unspecified atom stereocenters. The van der Waals surface area contributed by atoms with E-state index < -0.39 is 5.60 Å². The Kier molecular flexibility index (Phi) is 3.81. The molecular weight excluding hydrogens is 309 g/mol. The van der Waals surface area contributed by atoms with E-state index in [1.807, 2.05) is 0 Å². The van der Waals surface area contributed by atoms with Crippen LogP contribution in [0.15, 0.2) is 30.3 Å². The van der Waals surface area contributed by atoms with E-state index >= 15 is 0 Å². The molecule has 0 atom stereocenters. The molecular formula is C17H18FN5O. The lowest BCUT2D eigenvalue weighted by atomic mass is 10.1. The average molecular weight is 327 g/mol. The van der Waals surface area contributed by atoms with Gasteiger partial charge in [0.15, 0.2) is 22.8 Å². The Hall–Kier alpha value is -2.80. The third-order valence-corrected chi connectivity index (χ3v) is 3.49. The minimum absolute atomic E-state index is 0.230. The lowest BCUT2D eigenvalue weighted by Gasteiger charge is -2.09. The molecule has 3 rings (SSSR count). The molecule has 0 saturated heterocycles. The van der Waals surface area contributed by atoms with E-state index in [4.69, 9.17) is 5.73 Å². The van der Waals surface area contributed by atoms with E-state index in [9.17, 15) is 9.50 Å². The number of nitrogens with two attached hydrogens (primary N) is 1. The Balaban J connectivity index is 2.15. The average Bonchev–Trinajstić information content (AvgIpc) is 2.83. The molecule has 124 valence electrons. The first-order valence-corrected chi connectivity index (χ1v) is 7.42. The molecule has 2 heterocycles. The van der Waals surface area contributed by atoms with Gasteiger partial charge in [0.1, 0.15) is 11.6 Å². The highest BCUT2D eigenvalue weighted by molar-refractivity contribution is 5.86. The topological polar surface area (TPSA) is 89.9 Å². The van der Waals surface area contributed by atoms with Gasteiger partial charge in [-0.05, 0) is 38.1 Å². The van der Waals surface area contributed by atoms with Gasteiger partial charge in [-0.1, -0.05) is 12.1 Å².